The van der Waals surface area contributed by atoms with Crippen LogP contribution in [0.1, 0.15) is 25.7 Å². The first-order valence-corrected chi connectivity index (χ1v) is 5.30. The second-order valence-corrected chi connectivity index (χ2v) is 3.59. The predicted octanol–water partition coefficient (Wildman–Crippen LogP) is 1.30. The minimum Gasteiger partial charge on any atom is -0.378 e. The largest absolute Gasteiger partial charge is 0.378 e. The molecule has 4 heteroatoms. The fourth-order valence-corrected chi connectivity index (χ4v) is 1.53. The quantitative estimate of drug-likeness (QED) is 0.688. The van der Waals surface area contributed by atoms with Crippen molar-refractivity contribution in [2.75, 3.05) is 19.0 Å². The van der Waals surface area contributed by atoms with Crippen molar-refractivity contribution in [1.82, 2.24) is 5.32 Å². The van der Waals surface area contributed by atoms with Crippen molar-refractivity contribution in [2.24, 2.45) is 0 Å². The molecule has 1 fully saturated rings. The summed E-state index contributed by atoms with van der Waals surface area (Å²) in [7, 11) is 0. The third-order valence-corrected chi connectivity index (χ3v) is 2.32. The first-order chi connectivity index (χ1) is 6.33. The van der Waals surface area contributed by atoms with Gasteiger partial charge in [-0.25, -0.2) is 0 Å². The Bertz CT molecular complexity index is 158. The molecule has 0 aromatic rings. The Morgan fingerprint density at radius 3 is 3.08 bits per heavy atom. The van der Waals surface area contributed by atoms with Crippen LogP contribution in [0.15, 0.2) is 0 Å². The van der Waals surface area contributed by atoms with Crippen LogP contribution in [0.5, 0.6) is 0 Å². The molecule has 13 heavy (non-hydrogen) atoms. The zero-order valence-corrected chi connectivity index (χ0v) is 8.48. The molecule has 0 aromatic heterocycles. The van der Waals surface area contributed by atoms with Crippen LogP contribution in [0.25, 0.3) is 0 Å². The first-order valence-electron chi connectivity index (χ1n) is 4.77. The van der Waals surface area contributed by atoms with Gasteiger partial charge in [-0.15, -0.1) is 11.6 Å². The topological polar surface area (TPSA) is 38.3 Å². The molecule has 1 unspecified atom stereocenters. The maximum absolute atomic E-state index is 11.1. The second-order valence-electron chi connectivity index (χ2n) is 3.21. The summed E-state index contributed by atoms with van der Waals surface area (Å²) in [6.07, 6.45) is 3.94. The predicted molar refractivity (Wildman–Crippen MR) is 51.9 cm³/mol. The van der Waals surface area contributed by atoms with Gasteiger partial charge in [0.05, 0.1) is 6.10 Å². The highest BCUT2D eigenvalue weighted by Crippen LogP contribution is 2.16. The van der Waals surface area contributed by atoms with Crippen molar-refractivity contribution in [2.45, 2.75) is 31.8 Å². The summed E-state index contributed by atoms with van der Waals surface area (Å²) >= 11 is 5.43. The van der Waals surface area contributed by atoms with Crippen LogP contribution in [-0.4, -0.2) is 31.0 Å². The molecular formula is C9H16ClNO2. The lowest BCUT2D eigenvalue weighted by Gasteiger charge is -2.08. The van der Waals surface area contributed by atoms with Crippen molar-refractivity contribution in [3.63, 3.8) is 0 Å². The first kappa shape index (κ1) is 10.8. The van der Waals surface area contributed by atoms with E-state index in [9.17, 15) is 4.79 Å². The van der Waals surface area contributed by atoms with Gasteiger partial charge in [0.1, 0.15) is 0 Å². The van der Waals surface area contributed by atoms with Crippen LogP contribution >= 0.6 is 11.6 Å². The number of carbonyl (C=O) groups excluding carboxylic acids is 1. The average Bonchev–Trinajstić information content (AvgIpc) is 2.64. The molecule has 0 aromatic carbocycles. The summed E-state index contributed by atoms with van der Waals surface area (Å²) in [6, 6.07) is 0. The van der Waals surface area contributed by atoms with E-state index in [0.29, 0.717) is 24.9 Å². The standard InChI is InChI=1S/C9H16ClNO2/c10-5-6-11-9(12)4-3-8-2-1-7-13-8/h8H,1-7H2,(H,11,12). The molecule has 1 atom stereocenters. The third-order valence-electron chi connectivity index (χ3n) is 2.13. The van der Waals surface area contributed by atoms with Gasteiger partial charge in [-0.3, -0.25) is 4.79 Å². The number of carbonyl (C=O) groups is 1. The summed E-state index contributed by atoms with van der Waals surface area (Å²) in [5, 5.41) is 2.73. The molecule has 1 N–H and O–H groups in total. The Balaban J connectivity index is 2.00. The Hall–Kier alpha value is -0.280. The highest BCUT2D eigenvalue weighted by Gasteiger charge is 2.16. The van der Waals surface area contributed by atoms with Crippen LogP contribution in [0.2, 0.25) is 0 Å². The summed E-state index contributed by atoms with van der Waals surface area (Å²) in [4.78, 5) is 11.1. The number of ether oxygens (including phenoxy) is 1. The number of hydrogen-bond donors (Lipinski definition) is 1. The van der Waals surface area contributed by atoms with Gasteiger partial charge in [-0.05, 0) is 19.3 Å². The van der Waals surface area contributed by atoms with E-state index in [2.05, 4.69) is 5.32 Å². The number of rotatable bonds is 5. The summed E-state index contributed by atoms with van der Waals surface area (Å²) < 4.78 is 5.40. The van der Waals surface area contributed by atoms with Gasteiger partial charge in [0, 0.05) is 25.5 Å². The van der Waals surface area contributed by atoms with E-state index in [1.807, 2.05) is 0 Å². The highest BCUT2D eigenvalue weighted by molar-refractivity contribution is 6.18. The minimum atomic E-state index is 0.0798. The fourth-order valence-electron chi connectivity index (χ4n) is 1.44. The molecule has 0 bridgehead atoms. The molecule has 1 rings (SSSR count). The van der Waals surface area contributed by atoms with Crippen molar-refractivity contribution in [3.05, 3.63) is 0 Å². The van der Waals surface area contributed by atoms with Crippen molar-refractivity contribution in [3.8, 4) is 0 Å². The number of hydrogen-bond acceptors (Lipinski definition) is 2. The lowest BCUT2D eigenvalue weighted by molar-refractivity contribution is -0.121. The van der Waals surface area contributed by atoms with Gasteiger partial charge in [0.2, 0.25) is 5.91 Å². The van der Waals surface area contributed by atoms with Gasteiger partial charge in [-0.2, -0.15) is 0 Å². The van der Waals surface area contributed by atoms with E-state index in [1.54, 1.807) is 0 Å². The van der Waals surface area contributed by atoms with Gasteiger partial charge in [-0.1, -0.05) is 0 Å². The lowest BCUT2D eigenvalue weighted by atomic mass is 10.1. The van der Waals surface area contributed by atoms with Crippen LogP contribution in [0.3, 0.4) is 0 Å². The monoisotopic (exact) mass is 205 g/mol. The van der Waals surface area contributed by atoms with E-state index >= 15 is 0 Å². The SMILES string of the molecule is O=C(CCC1CCCO1)NCCCl. The number of halogens is 1. The Kier molecular flexibility index (Phi) is 5.16. The molecule has 1 saturated heterocycles. The van der Waals surface area contributed by atoms with Crippen LogP contribution in [-0.2, 0) is 9.53 Å². The van der Waals surface area contributed by atoms with Gasteiger partial charge >= 0.3 is 0 Å². The van der Waals surface area contributed by atoms with Crippen molar-refractivity contribution in [1.29, 1.82) is 0 Å². The molecule has 0 spiro atoms. The van der Waals surface area contributed by atoms with Gasteiger partial charge < -0.3 is 10.1 Å². The zero-order valence-electron chi connectivity index (χ0n) is 7.72. The highest BCUT2D eigenvalue weighted by atomic mass is 35.5. The molecule has 0 saturated carbocycles. The molecule has 3 nitrogen and oxygen atoms in total. The van der Waals surface area contributed by atoms with Gasteiger partial charge in [0.25, 0.3) is 0 Å². The minimum absolute atomic E-state index is 0.0798. The summed E-state index contributed by atoms with van der Waals surface area (Å²) in [6.45, 7) is 1.42. The normalized spacial score (nSPS) is 21.8. The molecule has 1 amide bonds. The van der Waals surface area contributed by atoms with Crippen LogP contribution in [0, 0.1) is 0 Å². The Labute approximate surface area is 83.8 Å². The van der Waals surface area contributed by atoms with E-state index in [1.165, 1.54) is 0 Å². The number of nitrogens with one attached hydrogen (secondary N) is 1. The lowest BCUT2D eigenvalue weighted by Crippen LogP contribution is -2.26. The fraction of sp³-hybridized carbons (Fsp3) is 0.889. The van der Waals surface area contributed by atoms with Crippen LogP contribution in [0.4, 0.5) is 0 Å². The van der Waals surface area contributed by atoms with Gasteiger partial charge in [0.15, 0.2) is 0 Å². The maximum Gasteiger partial charge on any atom is 0.220 e. The van der Waals surface area contributed by atoms with Crippen molar-refractivity contribution >= 4 is 17.5 Å². The molecule has 0 radical (unpaired) electrons. The smallest absolute Gasteiger partial charge is 0.220 e. The Morgan fingerprint density at radius 2 is 2.46 bits per heavy atom. The molecule has 76 valence electrons. The third kappa shape index (κ3) is 4.48. The van der Waals surface area contributed by atoms with E-state index in [-0.39, 0.29) is 5.91 Å². The number of alkyl halides is 1. The summed E-state index contributed by atoms with van der Waals surface area (Å²) in [5.74, 6) is 0.558. The van der Waals surface area contributed by atoms with E-state index < -0.39 is 0 Å². The van der Waals surface area contributed by atoms with Crippen molar-refractivity contribution < 1.29 is 9.53 Å². The van der Waals surface area contributed by atoms with E-state index in [0.717, 1.165) is 25.9 Å². The molecule has 1 aliphatic heterocycles. The molecule has 0 aliphatic carbocycles. The summed E-state index contributed by atoms with van der Waals surface area (Å²) in [5.41, 5.74) is 0. The van der Waals surface area contributed by atoms with Crippen LogP contribution < -0.4 is 5.32 Å². The second kappa shape index (κ2) is 6.22. The molecule has 1 aliphatic rings. The Morgan fingerprint density at radius 1 is 1.62 bits per heavy atom. The molecular weight excluding hydrogens is 190 g/mol. The zero-order chi connectivity index (χ0) is 9.52. The number of amides is 1. The van der Waals surface area contributed by atoms with E-state index in [4.69, 9.17) is 16.3 Å². The maximum atomic E-state index is 11.1. The average molecular weight is 206 g/mol. The molecule has 1 heterocycles.